The van der Waals surface area contributed by atoms with Gasteiger partial charge in [-0.25, -0.2) is 0 Å². The molecule has 0 rings (SSSR count). The van der Waals surface area contributed by atoms with Crippen molar-refractivity contribution in [2.24, 2.45) is 11.8 Å². The van der Waals surface area contributed by atoms with Gasteiger partial charge in [0, 0.05) is 0 Å². The van der Waals surface area contributed by atoms with Gasteiger partial charge in [-0.05, 0) is 19.3 Å². The van der Waals surface area contributed by atoms with Crippen molar-refractivity contribution in [2.45, 2.75) is 39.0 Å². The first kappa shape index (κ1) is 14.7. The van der Waals surface area contributed by atoms with Crippen LogP contribution in [0.4, 0.5) is 0 Å². The third-order valence-corrected chi connectivity index (χ3v) is 2.73. The topological polar surface area (TPSA) is 74.6 Å². The molecule has 0 bridgehead atoms. The van der Waals surface area contributed by atoms with Crippen LogP contribution >= 0.6 is 0 Å². The molecule has 0 aromatic heterocycles. The van der Waals surface area contributed by atoms with Crippen LogP contribution in [0.25, 0.3) is 0 Å². The highest BCUT2D eigenvalue weighted by molar-refractivity contribution is 5.79. The molecule has 0 radical (unpaired) electrons. The van der Waals surface area contributed by atoms with Gasteiger partial charge < -0.3 is 10.2 Å². The van der Waals surface area contributed by atoms with Crippen LogP contribution in [0.3, 0.4) is 0 Å². The zero-order valence-corrected chi connectivity index (χ0v) is 9.69. The first-order valence-corrected chi connectivity index (χ1v) is 5.57. The van der Waals surface area contributed by atoms with E-state index in [9.17, 15) is 9.59 Å². The SMILES string of the molecule is C=CCCCCCC(C(=O)O)C(C)C(=O)O. The van der Waals surface area contributed by atoms with Gasteiger partial charge in [0.1, 0.15) is 0 Å². The normalized spacial score (nSPS) is 14.1. The lowest BCUT2D eigenvalue weighted by atomic mass is 9.89. The fourth-order valence-corrected chi connectivity index (χ4v) is 1.59. The van der Waals surface area contributed by atoms with Crippen LogP contribution in [0.2, 0.25) is 0 Å². The van der Waals surface area contributed by atoms with Crippen molar-refractivity contribution in [3.8, 4) is 0 Å². The van der Waals surface area contributed by atoms with E-state index in [1.807, 2.05) is 6.08 Å². The number of allylic oxidation sites excluding steroid dienone is 1. The summed E-state index contributed by atoms with van der Waals surface area (Å²) in [5, 5.41) is 17.7. The third-order valence-electron chi connectivity index (χ3n) is 2.73. The number of hydrogen-bond acceptors (Lipinski definition) is 2. The Hall–Kier alpha value is -1.32. The summed E-state index contributed by atoms with van der Waals surface area (Å²) in [4.78, 5) is 21.6. The zero-order valence-electron chi connectivity index (χ0n) is 9.69. The molecule has 0 aliphatic carbocycles. The largest absolute Gasteiger partial charge is 0.481 e. The maximum atomic E-state index is 10.9. The van der Waals surface area contributed by atoms with Crippen LogP contribution in [0.5, 0.6) is 0 Å². The molecule has 0 amide bonds. The molecular formula is C12H20O4. The van der Waals surface area contributed by atoms with E-state index in [1.165, 1.54) is 6.92 Å². The zero-order chi connectivity index (χ0) is 12.6. The second-order valence-corrected chi connectivity index (χ2v) is 4.00. The Kier molecular flexibility index (Phi) is 7.25. The average Bonchev–Trinajstić information content (AvgIpc) is 2.21. The maximum Gasteiger partial charge on any atom is 0.307 e. The lowest BCUT2D eigenvalue weighted by molar-refractivity contribution is -0.153. The highest BCUT2D eigenvalue weighted by Gasteiger charge is 2.29. The molecule has 0 saturated carbocycles. The molecule has 0 heterocycles. The molecular weight excluding hydrogens is 208 g/mol. The third kappa shape index (κ3) is 5.53. The van der Waals surface area contributed by atoms with Gasteiger partial charge in [0.05, 0.1) is 11.8 Å². The van der Waals surface area contributed by atoms with E-state index in [2.05, 4.69) is 6.58 Å². The molecule has 92 valence electrons. The number of hydrogen-bond donors (Lipinski definition) is 2. The molecule has 4 nitrogen and oxygen atoms in total. The van der Waals surface area contributed by atoms with Crippen LogP contribution in [0, 0.1) is 11.8 Å². The van der Waals surface area contributed by atoms with Crippen molar-refractivity contribution < 1.29 is 19.8 Å². The summed E-state index contributed by atoms with van der Waals surface area (Å²) in [5.74, 6) is -3.66. The van der Waals surface area contributed by atoms with Crippen molar-refractivity contribution >= 4 is 11.9 Å². The molecule has 0 aromatic carbocycles. The van der Waals surface area contributed by atoms with Crippen molar-refractivity contribution in [1.82, 2.24) is 0 Å². The minimum Gasteiger partial charge on any atom is -0.481 e. The Labute approximate surface area is 96.0 Å². The Morgan fingerprint density at radius 2 is 1.81 bits per heavy atom. The fraction of sp³-hybridized carbons (Fsp3) is 0.667. The molecule has 16 heavy (non-hydrogen) atoms. The molecule has 0 aromatic rings. The first-order chi connectivity index (χ1) is 7.50. The summed E-state index contributed by atoms with van der Waals surface area (Å²) in [6.45, 7) is 5.05. The second-order valence-electron chi connectivity index (χ2n) is 4.00. The first-order valence-electron chi connectivity index (χ1n) is 5.57. The van der Waals surface area contributed by atoms with Gasteiger partial charge in [-0.15, -0.1) is 6.58 Å². The van der Waals surface area contributed by atoms with Crippen molar-refractivity contribution in [2.75, 3.05) is 0 Å². The van der Waals surface area contributed by atoms with E-state index >= 15 is 0 Å². The molecule has 2 atom stereocenters. The number of aliphatic carboxylic acids is 2. The quantitative estimate of drug-likeness (QED) is 0.469. The maximum absolute atomic E-state index is 10.9. The van der Waals surface area contributed by atoms with Gasteiger partial charge in [-0.1, -0.05) is 25.8 Å². The van der Waals surface area contributed by atoms with Gasteiger partial charge in [0.2, 0.25) is 0 Å². The van der Waals surface area contributed by atoms with Crippen molar-refractivity contribution in [1.29, 1.82) is 0 Å². The highest BCUT2D eigenvalue weighted by Crippen LogP contribution is 2.20. The molecule has 0 spiro atoms. The Morgan fingerprint density at radius 1 is 1.19 bits per heavy atom. The van der Waals surface area contributed by atoms with E-state index in [4.69, 9.17) is 10.2 Å². The molecule has 0 aliphatic rings. The summed E-state index contributed by atoms with van der Waals surface area (Å²) < 4.78 is 0. The van der Waals surface area contributed by atoms with Crippen LogP contribution in [-0.2, 0) is 9.59 Å². The van der Waals surface area contributed by atoms with Crippen molar-refractivity contribution in [3.05, 3.63) is 12.7 Å². The summed E-state index contributed by atoms with van der Waals surface area (Å²) in [6, 6.07) is 0. The van der Waals surface area contributed by atoms with Gasteiger partial charge in [-0.2, -0.15) is 0 Å². The minimum absolute atomic E-state index is 0.430. The Bertz CT molecular complexity index is 247. The van der Waals surface area contributed by atoms with Gasteiger partial charge in [0.15, 0.2) is 0 Å². The highest BCUT2D eigenvalue weighted by atomic mass is 16.4. The molecule has 0 saturated heterocycles. The fourth-order valence-electron chi connectivity index (χ4n) is 1.59. The van der Waals surface area contributed by atoms with Gasteiger partial charge in [-0.3, -0.25) is 9.59 Å². The number of rotatable bonds is 9. The number of carboxylic acids is 2. The number of unbranched alkanes of at least 4 members (excludes halogenated alkanes) is 3. The Morgan fingerprint density at radius 3 is 2.25 bits per heavy atom. The summed E-state index contributed by atoms with van der Waals surface area (Å²) in [5.41, 5.74) is 0. The van der Waals surface area contributed by atoms with Crippen LogP contribution in [0.1, 0.15) is 39.0 Å². The van der Waals surface area contributed by atoms with E-state index in [1.54, 1.807) is 0 Å². The summed E-state index contributed by atoms with van der Waals surface area (Å²) in [6.07, 6.45) is 5.84. The molecule has 0 aliphatic heterocycles. The van der Waals surface area contributed by atoms with Crippen LogP contribution in [-0.4, -0.2) is 22.2 Å². The predicted molar refractivity (Wildman–Crippen MR) is 61.2 cm³/mol. The number of carbonyl (C=O) groups is 2. The smallest absolute Gasteiger partial charge is 0.307 e. The Balaban J connectivity index is 4.00. The second kappa shape index (κ2) is 7.91. The van der Waals surface area contributed by atoms with E-state index in [0.29, 0.717) is 6.42 Å². The van der Waals surface area contributed by atoms with E-state index in [0.717, 1.165) is 25.7 Å². The average molecular weight is 228 g/mol. The lowest BCUT2D eigenvalue weighted by Crippen LogP contribution is -2.27. The monoisotopic (exact) mass is 228 g/mol. The summed E-state index contributed by atoms with van der Waals surface area (Å²) >= 11 is 0. The van der Waals surface area contributed by atoms with Crippen molar-refractivity contribution in [3.63, 3.8) is 0 Å². The van der Waals surface area contributed by atoms with Crippen LogP contribution < -0.4 is 0 Å². The van der Waals surface area contributed by atoms with E-state index in [-0.39, 0.29) is 0 Å². The molecule has 0 fully saturated rings. The standard InChI is InChI=1S/C12H20O4/c1-3-4-5-6-7-8-10(12(15)16)9(2)11(13)14/h3,9-10H,1,4-8H2,2H3,(H,13,14)(H,15,16). The summed E-state index contributed by atoms with van der Waals surface area (Å²) in [7, 11) is 0. The molecule has 2 unspecified atom stereocenters. The minimum atomic E-state index is -1.04. The molecule has 4 heteroatoms. The van der Waals surface area contributed by atoms with Gasteiger partial charge >= 0.3 is 11.9 Å². The predicted octanol–water partition coefficient (Wildman–Crippen LogP) is 2.54. The van der Waals surface area contributed by atoms with Gasteiger partial charge in [0.25, 0.3) is 0 Å². The number of carboxylic acid groups (broad SMARTS) is 2. The van der Waals surface area contributed by atoms with E-state index < -0.39 is 23.8 Å². The lowest BCUT2D eigenvalue weighted by Gasteiger charge is -2.15. The molecule has 2 N–H and O–H groups in total. The van der Waals surface area contributed by atoms with Crippen LogP contribution in [0.15, 0.2) is 12.7 Å².